The first kappa shape index (κ1) is 15.3. The largest absolute Gasteiger partial charge is 0.496 e. The molecular weight excluding hydrogens is 246 g/mol. The number of aryl methyl sites for hydroxylation is 1. The average molecular weight is 267 g/mol. The third-order valence-corrected chi connectivity index (χ3v) is 3.05. The van der Waals surface area contributed by atoms with Crippen LogP contribution in [0.2, 0.25) is 0 Å². The molecule has 1 atom stereocenters. The minimum absolute atomic E-state index is 0.124. The maximum Gasteiger partial charge on any atom is 0.303 e. The molecular formula is C14H21NO4. The normalized spacial score (nSPS) is 12.0. The van der Waals surface area contributed by atoms with E-state index >= 15 is 0 Å². The quantitative estimate of drug-likeness (QED) is 0.792. The molecule has 0 aliphatic heterocycles. The van der Waals surface area contributed by atoms with E-state index in [0.29, 0.717) is 18.6 Å². The minimum atomic E-state index is -0.805. The van der Waals surface area contributed by atoms with Crippen LogP contribution in [-0.4, -0.2) is 25.3 Å². The summed E-state index contributed by atoms with van der Waals surface area (Å²) in [6.07, 6.45) is 1.25. The highest BCUT2D eigenvalue weighted by Crippen LogP contribution is 2.33. The zero-order chi connectivity index (χ0) is 14.4. The van der Waals surface area contributed by atoms with E-state index in [1.54, 1.807) is 14.2 Å². The number of carbonyl (C=O) groups is 1. The van der Waals surface area contributed by atoms with E-state index in [2.05, 4.69) is 0 Å². The first-order valence-electron chi connectivity index (χ1n) is 6.19. The Morgan fingerprint density at radius 2 is 1.95 bits per heavy atom. The molecule has 0 heterocycles. The lowest BCUT2D eigenvalue weighted by Crippen LogP contribution is -2.13. The molecule has 106 valence electrons. The molecule has 0 spiro atoms. The number of rotatable bonds is 7. The lowest BCUT2D eigenvalue weighted by molar-refractivity contribution is -0.137. The van der Waals surface area contributed by atoms with Crippen molar-refractivity contribution in [3.05, 3.63) is 23.3 Å². The Balaban J connectivity index is 2.87. The van der Waals surface area contributed by atoms with Crippen molar-refractivity contribution in [3.8, 4) is 11.5 Å². The number of ether oxygens (including phenoxy) is 2. The molecule has 1 aromatic carbocycles. The number of hydrogen-bond donors (Lipinski definition) is 2. The van der Waals surface area contributed by atoms with Crippen LogP contribution in [0.5, 0.6) is 11.5 Å². The summed E-state index contributed by atoms with van der Waals surface area (Å²) in [5.74, 6) is 0.659. The van der Waals surface area contributed by atoms with E-state index in [0.717, 1.165) is 16.9 Å². The molecule has 1 rings (SSSR count). The molecule has 5 heteroatoms. The molecule has 5 nitrogen and oxygen atoms in total. The Kier molecular flexibility index (Phi) is 5.63. The highest BCUT2D eigenvalue weighted by Gasteiger charge is 2.15. The van der Waals surface area contributed by atoms with E-state index in [-0.39, 0.29) is 12.5 Å². The van der Waals surface area contributed by atoms with Crippen LogP contribution in [-0.2, 0) is 4.79 Å². The molecule has 19 heavy (non-hydrogen) atoms. The topological polar surface area (TPSA) is 81.8 Å². The van der Waals surface area contributed by atoms with Gasteiger partial charge in [-0.3, -0.25) is 4.79 Å². The van der Waals surface area contributed by atoms with Crippen LogP contribution in [0.25, 0.3) is 0 Å². The van der Waals surface area contributed by atoms with Crippen molar-refractivity contribution in [2.75, 3.05) is 14.2 Å². The Morgan fingerprint density at radius 1 is 1.32 bits per heavy atom. The molecule has 0 amide bonds. The second kappa shape index (κ2) is 6.99. The predicted molar refractivity (Wildman–Crippen MR) is 72.7 cm³/mol. The summed E-state index contributed by atoms with van der Waals surface area (Å²) in [5.41, 5.74) is 7.92. The molecule has 0 aliphatic rings. The van der Waals surface area contributed by atoms with Gasteiger partial charge in [0.1, 0.15) is 11.5 Å². The lowest BCUT2D eigenvalue weighted by Gasteiger charge is -2.18. The van der Waals surface area contributed by atoms with E-state index in [4.69, 9.17) is 20.3 Å². The standard InChI is InChI=1S/C14H21NO4/c1-9-7-13(19-3)10(8-12(9)18-2)11(15)5-4-6-14(16)17/h7-8,11H,4-6,15H2,1-3H3,(H,16,17). The second-order valence-corrected chi connectivity index (χ2v) is 4.46. The van der Waals surface area contributed by atoms with Crippen LogP contribution in [0.4, 0.5) is 0 Å². The first-order valence-corrected chi connectivity index (χ1v) is 6.19. The summed E-state index contributed by atoms with van der Waals surface area (Å²) in [6, 6.07) is 3.48. The van der Waals surface area contributed by atoms with Crippen LogP contribution >= 0.6 is 0 Å². The Bertz CT molecular complexity index is 445. The highest BCUT2D eigenvalue weighted by atomic mass is 16.5. The fourth-order valence-electron chi connectivity index (χ4n) is 1.99. The zero-order valence-corrected chi connectivity index (χ0v) is 11.6. The summed E-state index contributed by atoms with van der Waals surface area (Å²) in [6.45, 7) is 1.93. The number of methoxy groups -OCH3 is 2. The van der Waals surface area contributed by atoms with Crippen molar-refractivity contribution in [3.63, 3.8) is 0 Å². The van der Waals surface area contributed by atoms with Gasteiger partial charge in [0.2, 0.25) is 0 Å². The third-order valence-electron chi connectivity index (χ3n) is 3.05. The number of benzene rings is 1. The molecule has 0 bridgehead atoms. The average Bonchev–Trinajstić information content (AvgIpc) is 2.37. The molecule has 0 fully saturated rings. The number of carboxylic acids is 1. The van der Waals surface area contributed by atoms with Crippen LogP contribution in [0.1, 0.15) is 36.4 Å². The van der Waals surface area contributed by atoms with Crippen LogP contribution in [0.15, 0.2) is 12.1 Å². The van der Waals surface area contributed by atoms with Crippen LogP contribution < -0.4 is 15.2 Å². The van der Waals surface area contributed by atoms with E-state index in [1.807, 2.05) is 19.1 Å². The summed E-state index contributed by atoms with van der Waals surface area (Å²) >= 11 is 0. The molecule has 1 unspecified atom stereocenters. The molecule has 0 saturated heterocycles. The van der Waals surface area contributed by atoms with Crippen molar-refractivity contribution < 1.29 is 19.4 Å². The number of hydrogen-bond acceptors (Lipinski definition) is 4. The highest BCUT2D eigenvalue weighted by molar-refractivity contribution is 5.66. The fourth-order valence-corrected chi connectivity index (χ4v) is 1.99. The van der Waals surface area contributed by atoms with Gasteiger partial charge in [0.15, 0.2) is 0 Å². The smallest absolute Gasteiger partial charge is 0.303 e. The van der Waals surface area contributed by atoms with E-state index in [9.17, 15) is 4.79 Å². The number of aliphatic carboxylic acids is 1. The summed E-state index contributed by atoms with van der Waals surface area (Å²) in [5, 5.41) is 8.63. The van der Waals surface area contributed by atoms with Gasteiger partial charge in [-0.25, -0.2) is 0 Å². The molecule has 1 aromatic rings. The number of nitrogens with two attached hydrogens (primary N) is 1. The van der Waals surface area contributed by atoms with Gasteiger partial charge in [-0.1, -0.05) is 0 Å². The summed E-state index contributed by atoms with van der Waals surface area (Å²) < 4.78 is 10.6. The fraction of sp³-hybridized carbons (Fsp3) is 0.500. The predicted octanol–water partition coefficient (Wildman–Crippen LogP) is 2.27. The van der Waals surface area contributed by atoms with Crippen molar-refractivity contribution >= 4 is 5.97 Å². The van der Waals surface area contributed by atoms with Crippen molar-refractivity contribution in [2.24, 2.45) is 5.73 Å². The maximum atomic E-state index is 10.5. The summed E-state index contributed by atoms with van der Waals surface area (Å²) in [4.78, 5) is 10.5. The van der Waals surface area contributed by atoms with Gasteiger partial charge >= 0.3 is 5.97 Å². The van der Waals surface area contributed by atoms with Crippen LogP contribution in [0, 0.1) is 6.92 Å². The van der Waals surface area contributed by atoms with E-state index < -0.39 is 5.97 Å². The van der Waals surface area contributed by atoms with Crippen molar-refractivity contribution in [1.29, 1.82) is 0 Å². The van der Waals surface area contributed by atoms with Gasteiger partial charge in [-0.15, -0.1) is 0 Å². The Labute approximate surface area is 113 Å². The second-order valence-electron chi connectivity index (χ2n) is 4.46. The maximum absolute atomic E-state index is 10.5. The first-order chi connectivity index (χ1) is 8.99. The SMILES string of the molecule is COc1cc(C(N)CCCC(=O)O)c(OC)cc1C. The lowest BCUT2D eigenvalue weighted by atomic mass is 9.99. The van der Waals surface area contributed by atoms with Gasteiger partial charge in [-0.2, -0.15) is 0 Å². The Morgan fingerprint density at radius 3 is 2.47 bits per heavy atom. The van der Waals surface area contributed by atoms with Crippen molar-refractivity contribution in [2.45, 2.75) is 32.2 Å². The van der Waals surface area contributed by atoms with E-state index in [1.165, 1.54) is 0 Å². The zero-order valence-electron chi connectivity index (χ0n) is 11.6. The number of carboxylic acid groups (broad SMARTS) is 1. The van der Waals surface area contributed by atoms with Gasteiger partial charge in [0, 0.05) is 18.0 Å². The van der Waals surface area contributed by atoms with Gasteiger partial charge in [0.25, 0.3) is 0 Å². The Hall–Kier alpha value is -1.75. The monoisotopic (exact) mass is 267 g/mol. The molecule has 0 aromatic heterocycles. The summed E-state index contributed by atoms with van der Waals surface area (Å²) in [7, 11) is 3.20. The van der Waals surface area contributed by atoms with Gasteiger partial charge < -0.3 is 20.3 Å². The van der Waals surface area contributed by atoms with Gasteiger partial charge in [0.05, 0.1) is 14.2 Å². The third kappa shape index (κ3) is 4.13. The minimum Gasteiger partial charge on any atom is -0.496 e. The molecule has 0 aliphatic carbocycles. The van der Waals surface area contributed by atoms with Crippen molar-refractivity contribution in [1.82, 2.24) is 0 Å². The molecule has 0 radical (unpaired) electrons. The van der Waals surface area contributed by atoms with Crippen LogP contribution in [0.3, 0.4) is 0 Å². The molecule has 3 N–H and O–H groups in total. The van der Waals surface area contributed by atoms with Gasteiger partial charge in [-0.05, 0) is 37.5 Å². The molecule has 0 saturated carbocycles.